The van der Waals surface area contributed by atoms with Crippen molar-refractivity contribution >= 4 is 34.4 Å². The molecule has 2 amide bonds. The lowest BCUT2D eigenvalue weighted by Crippen LogP contribution is -2.30. The summed E-state index contributed by atoms with van der Waals surface area (Å²) < 4.78 is 5.85. The van der Waals surface area contributed by atoms with E-state index in [1.807, 2.05) is 32.9 Å². The highest BCUT2D eigenvalue weighted by molar-refractivity contribution is 6.13. The average molecular weight is 466 g/mol. The van der Waals surface area contributed by atoms with Crippen molar-refractivity contribution in [3.8, 4) is 0 Å². The molecule has 0 saturated heterocycles. The fourth-order valence-corrected chi connectivity index (χ4v) is 4.03. The molecule has 3 rings (SSSR count). The summed E-state index contributed by atoms with van der Waals surface area (Å²) in [4.78, 5) is 37.3. The predicted octanol–water partition coefficient (Wildman–Crippen LogP) is 5.18. The van der Waals surface area contributed by atoms with Crippen LogP contribution in [0.15, 0.2) is 34.9 Å². The molecule has 0 saturated carbocycles. The van der Waals surface area contributed by atoms with Crippen molar-refractivity contribution in [2.24, 2.45) is 5.92 Å². The van der Waals surface area contributed by atoms with E-state index in [9.17, 15) is 9.59 Å². The molecule has 2 atom stereocenters. The molecule has 2 N–H and O–H groups in total. The maximum atomic E-state index is 13.3. The van der Waals surface area contributed by atoms with Crippen LogP contribution in [-0.4, -0.2) is 46.8 Å². The van der Waals surface area contributed by atoms with Crippen molar-refractivity contribution in [2.45, 2.75) is 59.4 Å². The summed E-state index contributed by atoms with van der Waals surface area (Å²) in [7, 11) is 4.13. The van der Waals surface area contributed by atoms with E-state index in [4.69, 9.17) is 4.42 Å². The molecule has 0 spiro atoms. The first-order chi connectivity index (χ1) is 16.2. The Balaban J connectivity index is 1.87. The highest BCUT2D eigenvalue weighted by Gasteiger charge is 2.27. The van der Waals surface area contributed by atoms with Crippen LogP contribution in [0, 0.1) is 19.8 Å². The second-order valence-electron chi connectivity index (χ2n) is 8.98. The zero-order valence-corrected chi connectivity index (χ0v) is 20.9. The standard InChI is InChI=1S/C26H35N5O3/c1-7-18(11-12-19(8-2)31(5)6)25(32)30-23-22-20(13-10-17(4)28-22)34-24(23)26(33)29-21-14-9-16(3)15-27-21/h9-10,13-15,18-19H,7-8,11-12H2,1-6H3,(H,30,32)(H,27,29,33)/t18-,19?/m0/s1. The molecule has 3 aromatic rings. The Labute approximate surface area is 201 Å². The second kappa shape index (κ2) is 11.2. The van der Waals surface area contributed by atoms with Gasteiger partial charge in [0, 0.05) is 23.9 Å². The molecule has 182 valence electrons. The fraction of sp³-hybridized carbons (Fsp3) is 0.462. The SMILES string of the molecule is CCC(CC[C@H](CC)C(=O)Nc1c(C(=O)Nc2ccc(C)cn2)oc2ccc(C)nc12)N(C)C. The molecule has 34 heavy (non-hydrogen) atoms. The third-order valence-corrected chi connectivity index (χ3v) is 6.19. The predicted molar refractivity (Wildman–Crippen MR) is 135 cm³/mol. The number of aryl methyl sites for hydroxylation is 2. The van der Waals surface area contributed by atoms with Gasteiger partial charge < -0.3 is 20.0 Å². The average Bonchev–Trinajstić information content (AvgIpc) is 3.15. The van der Waals surface area contributed by atoms with Crippen molar-refractivity contribution in [3.63, 3.8) is 0 Å². The van der Waals surface area contributed by atoms with Crippen molar-refractivity contribution in [2.75, 3.05) is 24.7 Å². The monoisotopic (exact) mass is 465 g/mol. The number of pyridine rings is 2. The summed E-state index contributed by atoms with van der Waals surface area (Å²) in [5, 5.41) is 5.72. The Morgan fingerprint density at radius 3 is 2.41 bits per heavy atom. The molecule has 3 aromatic heterocycles. The minimum absolute atomic E-state index is 0.0124. The molecule has 0 bridgehead atoms. The van der Waals surface area contributed by atoms with Crippen LogP contribution in [0.25, 0.3) is 11.1 Å². The van der Waals surface area contributed by atoms with Crippen LogP contribution in [0.1, 0.15) is 61.3 Å². The van der Waals surface area contributed by atoms with Gasteiger partial charge in [-0.2, -0.15) is 0 Å². The smallest absolute Gasteiger partial charge is 0.294 e. The summed E-state index contributed by atoms with van der Waals surface area (Å²) in [5.74, 6) is -0.395. The topological polar surface area (TPSA) is 100 Å². The van der Waals surface area contributed by atoms with Gasteiger partial charge in [0.25, 0.3) is 5.91 Å². The minimum Gasteiger partial charge on any atom is -0.447 e. The van der Waals surface area contributed by atoms with Gasteiger partial charge in [-0.1, -0.05) is 19.9 Å². The zero-order chi connectivity index (χ0) is 24.8. The number of aromatic nitrogens is 2. The Morgan fingerprint density at radius 1 is 1.03 bits per heavy atom. The number of fused-ring (bicyclic) bond motifs is 1. The summed E-state index contributed by atoms with van der Waals surface area (Å²) in [6.07, 6.45) is 5.08. The summed E-state index contributed by atoms with van der Waals surface area (Å²) >= 11 is 0. The van der Waals surface area contributed by atoms with E-state index in [2.05, 4.69) is 46.5 Å². The fourth-order valence-electron chi connectivity index (χ4n) is 4.03. The number of amides is 2. The first-order valence-corrected chi connectivity index (χ1v) is 11.8. The number of rotatable bonds is 10. The molecular formula is C26H35N5O3. The third-order valence-electron chi connectivity index (χ3n) is 6.19. The van der Waals surface area contributed by atoms with E-state index in [0.717, 1.165) is 30.5 Å². The number of carbonyl (C=O) groups excluding carboxylic acids is 2. The van der Waals surface area contributed by atoms with Crippen LogP contribution in [-0.2, 0) is 4.79 Å². The normalized spacial score (nSPS) is 13.1. The van der Waals surface area contributed by atoms with Crippen LogP contribution in [0.5, 0.6) is 0 Å². The molecule has 8 heteroatoms. The largest absolute Gasteiger partial charge is 0.447 e. The van der Waals surface area contributed by atoms with Crippen LogP contribution >= 0.6 is 0 Å². The van der Waals surface area contributed by atoms with E-state index >= 15 is 0 Å². The second-order valence-corrected chi connectivity index (χ2v) is 8.98. The van der Waals surface area contributed by atoms with Gasteiger partial charge >= 0.3 is 0 Å². The lowest BCUT2D eigenvalue weighted by molar-refractivity contribution is -0.120. The Bertz CT molecular complexity index is 1140. The molecule has 0 aliphatic carbocycles. The maximum Gasteiger partial charge on any atom is 0.294 e. The van der Waals surface area contributed by atoms with Crippen molar-refractivity contribution in [1.29, 1.82) is 0 Å². The number of anilines is 2. The van der Waals surface area contributed by atoms with Gasteiger partial charge in [0.1, 0.15) is 17.0 Å². The first-order valence-electron chi connectivity index (χ1n) is 11.8. The summed E-state index contributed by atoms with van der Waals surface area (Å²) in [6.45, 7) is 7.94. The lowest BCUT2D eigenvalue weighted by Gasteiger charge is -2.24. The van der Waals surface area contributed by atoms with Gasteiger partial charge in [0.05, 0.1) is 0 Å². The van der Waals surface area contributed by atoms with E-state index in [-0.39, 0.29) is 17.6 Å². The van der Waals surface area contributed by atoms with E-state index in [1.54, 1.807) is 18.3 Å². The quantitative estimate of drug-likeness (QED) is 0.428. The third kappa shape index (κ3) is 5.99. The van der Waals surface area contributed by atoms with Crippen molar-refractivity contribution in [3.05, 3.63) is 47.5 Å². The maximum absolute atomic E-state index is 13.3. The van der Waals surface area contributed by atoms with Crippen molar-refractivity contribution < 1.29 is 14.0 Å². The molecule has 1 unspecified atom stereocenters. The van der Waals surface area contributed by atoms with E-state index < -0.39 is 5.91 Å². The molecule has 0 aromatic carbocycles. The zero-order valence-electron chi connectivity index (χ0n) is 20.9. The Kier molecular flexibility index (Phi) is 8.39. The number of nitrogens with zero attached hydrogens (tertiary/aromatic N) is 3. The van der Waals surface area contributed by atoms with Crippen LogP contribution in [0.4, 0.5) is 11.5 Å². The molecule has 0 fully saturated rings. The minimum atomic E-state index is -0.492. The number of furan rings is 1. The number of nitrogens with one attached hydrogen (secondary N) is 2. The summed E-state index contributed by atoms with van der Waals surface area (Å²) in [6, 6.07) is 7.57. The Hall–Kier alpha value is -3.26. The molecule has 8 nitrogen and oxygen atoms in total. The van der Waals surface area contributed by atoms with Gasteiger partial charge in [-0.15, -0.1) is 0 Å². The van der Waals surface area contributed by atoms with E-state index in [1.165, 1.54) is 0 Å². The molecule has 3 heterocycles. The van der Waals surface area contributed by atoms with Crippen molar-refractivity contribution in [1.82, 2.24) is 14.9 Å². The summed E-state index contributed by atoms with van der Waals surface area (Å²) in [5.41, 5.74) is 2.95. The molecule has 0 aliphatic rings. The van der Waals surface area contributed by atoms with Gasteiger partial charge in [-0.3, -0.25) is 9.59 Å². The Morgan fingerprint density at radius 2 is 1.79 bits per heavy atom. The lowest BCUT2D eigenvalue weighted by atomic mass is 9.95. The molecule has 0 aliphatic heterocycles. The van der Waals surface area contributed by atoms with Crippen LogP contribution in [0.2, 0.25) is 0 Å². The van der Waals surface area contributed by atoms with Gasteiger partial charge in [-0.05, 0) is 77.4 Å². The number of hydrogen-bond acceptors (Lipinski definition) is 6. The number of hydrogen-bond donors (Lipinski definition) is 2. The first kappa shape index (κ1) is 25.4. The van der Waals surface area contributed by atoms with Gasteiger partial charge in [0.2, 0.25) is 11.7 Å². The van der Waals surface area contributed by atoms with E-state index in [0.29, 0.717) is 35.1 Å². The molecule has 0 radical (unpaired) electrons. The molecular weight excluding hydrogens is 430 g/mol. The van der Waals surface area contributed by atoms with Gasteiger partial charge in [-0.25, -0.2) is 9.97 Å². The highest BCUT2D eigenvalue weighted by atomic mass is 16.3. The van der Waals surface area contributed by atoms with Crippen LogP contribution in [0.3, 0.4) is 0 Å². The van der Waals surface area contributed by atoms with Gasteiger partial charge in [0.15, 0.2) is 5.58 Å². The highest BCUT2D eigenvalue weighted by Crippen LogP contribution is 2.31. The van der Waals surface area contributed by atoms with Crippen LogP contribution < -0.4 is 10.6 Å². The number of carbonyl (C=O) groups is 2.